The molecule has 0 aromatic carbocycles. The van der Waals surface area contributed by atoms with Gasteiger partial charge in [0.05, 0.1) is 37.4 Å². The molecule has 11 N–H and O–H groups in total. The van der Waals surface area contributed by atoms with E-state index >= 15 is 4.79 Å². The van der Waals surface area contributed by atoms with Crippen molar-refractivity contribution in [1.29, 1.82) is 0 Å². The van der Waals surface area contributed by atoms with E-state index in [1.165, 1.54) is 12.5 Å². The quantitative estimate of drug-likeness (QED) is 0.0839. The summed E-state index contributed by atoms with van der Waals surface area (Å²) in [5, 5.41) is 117. The van der Waals surface area contributed by atoms with Crippen molar-refractivity contribution in [3.63, 3.8) is 0 Å². The highest BCUT2D eigenvalue weighted by Gasteiger charge is 2.70. The average Bonchev–Trinajstić information content (AvgIpc) is 3.32. The second kappa shape index (κ2) is 19.7. The first-order valence-corrected chi connectivity index (χ1v) is 26.5. The van der Waals surface area contributed by atoms with Crippen LogP contribution in [0.15, 0.2) is 11.6 Å². The van der Waals surface area contributed by atoms with Gasteiger partial charge < -0.3 is 94.1 Å². The molecule has 72 heavy (non-hydrogen) atoms. The van der Waals surface area contributed by atoms with E-state index in [2.05, 4.69) is 54.5 Å². The minimum Gasteiger partial charge on any atom is -0.432 e. The molecule has 9 aliphatic rings. The van der Waals surface area contributed by atoms with E-state index in [9.17, 15) is 56.2 Å². The minimum absolute atomic E-state index is 0.0958. The minimum atomic E-state index is -1.82. The van der Waals surface area contributed by atoms with E-state index in [1.807, 2.05) is 0 Å². The lowest BCUT2D eigenvalue weighted by Crippen LogP contribution is -2.66. The van der Waals surface area contributed by atoms with E-state index in [1.54, 1.807) is 0 Å². The third-order valence-corrected chi connectivity index (χ3v) is 20.6. The molecule has 4 saturated heterocycles. The Bertz CT molecular complexity index is 1990. The Morgan fingerprint density at radius 3 is 1.93 bits per heavy atom. The molecule has 9 rings (SSSR count). The summed E-state index contributed by atoms with van der Waals surface area (Å²) in [6, 6.07) is 0. The van der Waals surface area contributed by atoms with Gasteiger partial charge in [0.1, 0.15) is 73.2 Å². The highest BCUT2D eigenvalue weighted by molar-refractivity contribution is 5.79. The molecule has 8 fully saturated rings. The topological polar surface area (TPSA) is 313 Å². The molecular formula is C52H84O20. The van der Waals surface area contributed by atoms with Crippen LogP contribution in [0.2, 0.25) is 0 Å². The molecule has 4 saturated carbocycles. The van der Waals surface area contributed by atoms with Crippen molar-refractivity contribution >= 4 is 5.97 Å². The van der Waals surface area contributed by atoms with Crippen molar-refractivity contribution in [1.82, 2.24) is 0 Å². The highest BCUT2D eigenvalue weighted by Crippen LogP contribution is 2.76. The predicted octanol–water partition coefficient (Wildman–Crippen LogP) is 0.271. The second-order valence-electron chi connectivity index (χ2n) is 25.4. The largest absolute Gasteiger partial charge is 0.432 e. The molecule has 0 radical (unpaired) electrons. The van der Waals surface area contributed by atoms with Gasteiger partial charge in [-0.1, -0.05) is 60.1 Å². The Morgan fingerprint density at radius 2 is 1.24 bits per heavy atom. The van der Waals surface area contributed by atoms with E-state index in [4.69, 9.17) is 37.9 Å². The summed E-state index contributed by atoms with van der Waals surface area (Å²) in [6.07, 6.45) is -17.0. The Hall–Kier alpha value is -1.51. The van der Waals surface area contributed by atoms with Crippen molar-refractivity contribution in [3.05, 3.63) is 11.6 Å². The molecule has 20 nitrogen and oxygen atoms in total. The third kappa shape index (κ3) is 8.87. The molecular weight excluding hydrogens is 945 g/mol. The summed E-state index contributed by atoms with van der Waals surface area (Å²) in [5.74, 6) is -0.160. The first-order chi connectivity index (χ1) is 33.7. The number of allylic oxidation sites excluding steroid dienone is 2. The molecule has 0 amide bonds. The fourth-order valence-electron chi connectivity index (χ4n) is 15.9. The lowest BCUT2D eigenvalue weighted by Gasteiger charge is -2.71. The van der Waals surface area contributed by atoms with Crippen LogP contribution in [-0.2, 0) is 42.7 Å². The Balaban J connectivity index is 0.928. The zero-order valence-electron chi connectivity index (χ0n) is 43.1. The Morgan fingerprint density at radius 1 is 0.625 bits per heavy atom. The smallest absolute Gasteiger partial charge is 0.315 e. The normalized spacial score (nSPS) is 54.2. The number of carbonyl (C=O) groups is 1. The number of aliphatic hydroxyl groups is 11. The average molecular weight is 1030 g/mol. The summed E-state index contributed by atoms with van der Waals surface area (Å²) in [7, 11) is 0. The second-order valence-corrected chi connectivity index (χ2v) is 25.4. The van der Waals surface area contributed by atoms with Crippen LogP contribution in [0.1, 0.15) is 120 Å². The van der Waals surface area contributed by atoms with Gasteiger partial charge in [-0.15, -0.1) is 0 Å². The molecule has 4 aliphatic heterocycles. The molecule has 5 aliphatic carbocycles. The van der Waals surface area contributed by atoms with Gasteiger partial charge in [-0.3, -0.25) is 4.79 Å². The number of fused-ring (bicyclic) bond motifs is 7. The van der Waals surface area contributed by atoms with Crippen LogP contribution in [0.5, 0.6) is 0 Å². The van der Waals surface area contributed by atoms with Crippen LogP contribution in [0.25, 0.3) is 0 Å². The summed E-state index contributed by atoms with van der Waals surface area (Å²) in [4.78, 5) is 15.2. The molecule has 20 heteroatoms. The van der Waals surface area contributed by atoms with E-state index in [0.29, 0.717) is 19.3 Å². The van der Waals surface area contributed by atoms with Gasteiger partial charge in [-0.2, -0.15) is 0 Å². The number of rotatable bonds is 9. The lowest BCUT2D eigenvalue weighted by molar-refractivity contribution is -0.368. The molecule has 0 aromatic rings. The molecule has 0 spiro atoms. The Kier molecular flexibility index (Phi) is 15.2. The van der Waals surface area contributed by atoms with Gasteiger partial charge in [0.25, 0.3) is 0 Å². The van der Waals surface area contributed by atoms with Crippen molar-refractivity contribution in [3.8, 4) is 0 Å². The molecule has 4 heterocycles. The fraction of sp³-hybridized carbons (Fsp3) is 0.942. The van der Waals surface area contributed by atoms with Gasteiger partial charge in [-0.25, -0.2) is 0 Å². The Labute approximate surface area is 421 Å². The number of ether oxygens (including phenoxy) is 8. The van der Waals surface area contributed by atoms with Crippen LogP contribution in [0, 0.1) is 50.2 Å². The standard InChI is InChI=1S/C52H84O20/c1-23-40(70-42-37(61)32(56)26(54)21-65-42)36(60)39(63)43(67-23)71-41-33(57)27(55)22-66-45(41)72-46(64)52-17-15-47(2,3)19-25(52)24-9-10-30-49(6)13-12-31(69-44-38(62)35(59)34(58)28(20-53)68-44)48(4,5)29(49)11-14-51(30,8)50(24,7)16-18-52/h9,23,25-45,53-63H,10-22H2,1-8H3/t23-,25-,26+,27+,28+,29-,30+,31-,32-,33-,34+,35-,36-,37+,38+,39+,40-,41+,42-,43-,44-,45-,49-,50+,51+,52-/m0/s1. The summed E-state index contributed by atoms with van der Waals surface area (Å²) >= 11 is 0. The summed E-state index contributed by atoms with van der Waals surface area (Å²) in [6.45, 7) is 16.4. The van der Waals surface area contributed by atoms with Crippen LogP contribution >= 0.6 is 0 Å². The van der Waals surface area contributed by atoms with Gasteiger partial charge >= 0.3 is 5.97 Å². The van der Waals surface area contributed by atoms with Gasteiger partial charge in [0, 0.05) is 0 Å². The predicted molar refractivity (Wildman–Crippen MR) is 249 cm³/mol. The molecule has 0 unspecified atom stereocenters. The third-order valence-electron chi connectivity index (χ3n) is 20.6. The van der Waals surface area contributed by atoms with Crippen LogP contribution in [-0.4, -0.2) is 199 Å². The molecule has 26 atom stereocenters. The summed E-state index contributed by atoms with van der Waals surface area (Å²) in [5.41, 5.74) is -0.664. The van der Waals surface area contributed by atoms with Crippen LogP contribution in [0.4, 0.5) is 0 Å². The highest BCUT2D eigenvalue weighted by atomic mass is 16.8. The maximum absolute atomic E-state index is 15.2. The zero-order chi connectivity index (χ0) is 52.4. The van der Waals surface area contributed by atoms with Crippen molar-refractivity contribution < 1.29 is 98.9 Å². The van der Waals surface area contributed by atoms with Crippen LogP contribution in [0.3, 0.4) is 0 Å². The lowest BCUT2D eigenvalue weighted by atomic mass is 9.33. The number of aliphatic hydroxyl groups excluding tert-OH is 11. The van der Waals surface area contributed by atoms with Crippen LogP contribution < -0.4 is 0 Å². The summed E-state index contributed by atoms with van der Waals surface area (Å²) < 4.78 is 47.8. The zero-order valence-corrected chi connectivity index (χ0v) is 43.1. The molecule has 412 valence electrons. The molecule has 0 bridgehead atoms. The van der Waals surface area contributed by atoms with E-state index in [-0.39, 0.29) is 64.1 Å². The first-order valence-electron chi connectivity index (χ1n) is 26.5. The SMILES string of the molecule is C[C@@H]1O[C@@H](O[C@H]2[C@H](OC(=O)[C@]34CCC(C)(C)C[C@H]3C3=CC[C@@H]5[C@@]6(C)CC[C@H](O[C@@H]7O[C@H](CO)[C@@H](O)[C@H](O)[C@H]7O)C(C)(C)[C@@H]6CC[C@@]5(C)[C@]3(C)CC4)OC[C@@H](O)[C@@H]2O)[C@H](O)[C@H](O)[C@H]1O[C@@H]1OC[C@@H](O)[C@H](O)[C@H]1O. The number of hydrogen-bond acceptors (Lipinski definition) is 20. The maximum atomic E-state index is 15.2. The fourth-order valence-corrected chi connectivity index (χ4v) is 15.9. The number of carbonyl (C=O) groups excluding carboxylic acids is 1. The monoisotopic (exact) mass is 1030 g/mol. The van der Waals surface area contributed by atoms with Gasteiger partial charge in [-0.05, 0) is 116 Å². The van der Waals surface area contributed by atoms with Crippen molar-refractivity contribution in [2.45, 2.75) is 236 Å². The number of esters is 1. The first kappa shape index (κ1) is 55.3. The van der Waals surface area contributed by atoms with E-state index < -0.39 is 129 Å². The van der Waals surface area contributed by atoms with Crippen molar-refractivity contribution in [2.75, 3.05) is 19.8 Å². The van der Waals surface area contributed by atoms with E-state index in [0.717, 1.165) is 44.9 Å². The van der Waals surface area contributed by atoms with Gasteiger partial charge in [0.15, 0.2) is 25.0 Å². The number of hydrogen-bond donors (Lipinski definition) is 11. The van der Waals surface area contributed by atoms with Gasteiger partial charge in [0.2, 0.25) is 6.29 Å². The maximum Gasteiger partial charge on any atom is 0.315 e. The van der Waals surface area contributed by atoms with Crippen molar-refractivity contribution in [2.24, 2.45) is 50.2 Å². The molecule has 0 aromatic heterocycles.